The Morgan fingerprint density at radius 1 is 1.44 bits per heavy atom. The van der Waals surface area contributed by atoms with Gasteiger partial charge < -0.3 is 4.74 Å². The van der Waals surface area contributed by atoms with Gasteiger partial charge >= 0.3 is 5.97 Å². The second-order valence-corrected chi connectivity index (χ2v) is 4.70. The molecule has 0 aromatic heterocycles. The maximum atomic E-state index is 11.5. The van der Waals surface area contributed by atoms with Crippen molar-refractivity contribution in [1.29, 1.82) is 0 Å². The van der Waals surface area contributed by atoms with Crippen molar-refractivity contribution in [1.82, 2.24) is 0 Å². The summed E-state index contributed by atoms with van der Waals surface area (Å²) in [5, 5.41) is 0. The molecule has 2 heteroatoms. The predicted molar refractivity (Wildman–Crippen MR) is 65.8 cm³/mol. The van der Waals surface area contributed by atoms with E-state index in [2.05, 4.69) is 27.4 Å². The van der Waals surface area contributed by atoms with Crippen LogP contribution >= 0.6 is 0 Å². The first kappa shape index (κ1) is 12.8. The number of hydrogen-bond acceptors (Lipinski definition) is 2. The minimum atomic E-state index is -0.334. The van der Waals surface area contributed by atoms with Crippen molar-refractivity contribution in [3.63, 3.8) is 0 Å². The molecule has 0 unspecified atom stereocenters. The molecule has 0 aromatic rings. The lowest BCUT2D eigenvalue weighted by Crippen LogP contribution is -2.11. The number of hydrogen-bond donors (Lipinski definition) is 0. The summed E-state index contributed by atoms with van der Waals surface area (Å²) in [5.74, 6) is 0.808. The number of allylic oxidation sites excluding steroid dienone is 3. The summed E-state index contributed by atoms with van der Waals surface area (Å²) in [6.07, 6.45) is 4.01. The molecule has 1 aliphatic carbocycles. The van der Waals surface area contributed by atoms with Crippen LogP contribution in [-0.2, 0) is 9.53 Å². The first-order chi connectivity index (χ1) is 7.41. The van der Waals surface area contributed by atoms with E-state index in [1.807, 2.05) is 6.08 Å². The molecular weight excluding hydrogens is 200 g/mol. The van der Waals surface area contributed by atoms with Crippen LogP contribution in [0, 0.1) is 5.92 Å². The van der Waals surface area contributed by atoms with Gasteiger partial charge in [-0.1, -0.05) is 26.0 Å². The molecule has 0 spiro atoms. The van der Waals surface area contributed by atoms with Crippen LogP contribution in [0.25, 0.3) is 0 Å². The van der Waals surface area contributed by atoms with Gasteiger partial charge in [0, 0.05) is 5.57 Å². The van der Waals surface area contributed by atoms with Gasteiger partial charge in [-0.2, -0.15) is 0 Å². The van der Waals surface area contributed by atoms with Crippen LogP contribution in [0.3, 0.4) is 0 Å². The third-order valence-corrected chi connectivity index (χ3v) is 2.73. The average Bonchev–Trinajstić information content (AvgIpc) is 2.16. The summed E-state index contributed by atoms with van der Waals surface area (Å²) in [4.78, 5) is 11.5. The van der Waals surface area contributed by atoms with E-state index in [0.29, 0.717) is 11.5 Å². The van der Waals surface area contributed by atoms with Crippen molar-refractivity contribution in [2.75, 3.05) is 0 Å². The highest BCUT2D eigenvalue weighted by Crippen LogP contribution is 2.29. The number of rotatable bonds is 3. The Kier molecular flexibility index (Phi) is 4.11. The van der Waals surface area contributed by atoms with Crippen LogP contribution in [0.5, 0.6) is 0 Å². The Morgan fingerprint density at radius 3 is 2.56 bits per heavy atom. The van der Waals surface area contributed by atoms with Crippen LogP contribution in [0.15, 0.2) is 35.1 Å². The normalized spacial score (nSPS) is 16.2. The fraction of sp³-hybridized carbons (Fsp3) is 0.500. The fourth-order valence-electron chi connectivity index (χ4n) is 1.70. The molecule has 0 bridgehead atoms. The van der Waals surface area contributed by atoms with Gasteiger partial charge in [-0.05, 0) is 44.3 Å². The molecule has 0 amide bonds. The number of carbonyl (C=O) groups excluding carboxylic acids is 1. The zero-order valence-electron chi connectivity index (χ0n) is 10.6. The predicted octanol–water partition coefficient (Wildman–Crippen LogP) is 3.76. The van der Waals surface area contributed by atoms with Crippen molar-refractivity contribution < 1.29 is 9.53 Å². The fourth-order valence-corrected chi connectivity index (χ4v) is 1.70. The minimum absolute atomic E-state index is 0.334. The van der Waals surface area contributed by atoms with E-state index in [9.17, 15) is 4.79 Å². The summed E-state index contributed by atoms with van der Waals surface area (Å²) < 4.78 is 5.36. The zero-order chi connectivity index (χ0) is 12.3. The molecule has 0 radical (unpaired) electrons. The average molecular weight is 220 g/mol. The zero-order valence-corrected chi connectivity index (χ0v) is 10.6. The molecule has 88 valence electrons. The Labute approximate surface area is 97.7 Å². The highest BCUT2D eigenvalue weighted by Gasteiger charge is 2.18. The van der Waals surface area contributed by atoms with Gasteiger partial charge in [0.25, 0.3) is 0 Å². The van der Waals surface area contributed by atoms with Crippen molar-refractivity contribution in [3.05, 3.63) is 35.1 Å². The van der Waals surface area contributed by atoms with Crippen LogP contribution < -0.4 is 0 Å². The lowest BCUT2D eigenvalue weighted by molar-refractivity contribution is -0.134. The highest BCUT2D eigenvalue weighted by atomic mass is 16.5. The summed E-state index contributed by atoms with van der Waals surface area (Å²) in [5.41, 5.74) is 2.92. The maximum absolute atomic E-state index is 11.5. The minimum Gasteiger partial charge on any atom is -0.423 e. The van der Waals surface area contributed by atoms with Crippen LogP contribution in [-0.4, -0.2) is 5.97 Å². The number of ether oxygens (including phenoxy) is 1. The monoisotopic (exact) mass is 220 g/mol. The topological polar surface area (TPSA) is 26.3 Å². The Bertz CT molecular complexity index is 370. The molecule has 0 aliphatic heterocycles. The van der Waals surface area contributed by atoms with E-state index in [-0.39, 0.29) is 5.97 Å². The van der Waals surface area contributed by atoms with E-state index in [1.54, 1.807) is 6.92 Å². The number of carbonyl (C=O) groups is 1. The van der Waals surface area contributed by atoms with E-state index in [1.165, 1.54) is 11.1 Å². The van der Waals surface area contributed by atoms with Gasteiger partial charge in [-0.25, -0.2) is 4.79 Å². The molecule has 0 aromatic carbocycles. The Hall–Kier alpha value is -1.31. The molecule has 0 heterocycles. The highest BCUT2D eigenvalue weighted by molar-refractivity contribution is 5.88. The summed E-state index contributed by atoms with van der Waals surface area (Å²) in [6, 6.07) is 0. The first-order valence-electron chi connectivity index (χ1n) is 5.69. The molecule has 1 aliphatic rings. The Morgan fingerprint density at radius 2 is 2.06 bits per heavy atom. The largest absolute Gasteiger partial charge is 0.423 e. The Balaban J connectivity index is 2.95. The van der Waals surface area contributed by atoms with Gasteiger partial charge in [0.15, 0.2) is 0 Å². The third-order valence-electron chi connectivity index (χ3n) is 2.73. The standard InChI is InChI=1S/C14H20O2/c1-9(2)12-7-6-11(5)8-13(12)16-14(15)10(3)4/h8-9H,3,6-7H2,1-2,4-5H3. The lowest BCUT2D eigenvalue weighted by atomic mass is 9.90. The maximum Gasteiger partial charge on any atom is 0.338 e. The van der Waals surface area contributed by atoms with E-state index >= 15 is 0 Å². The second kappa shape index (κ2) is 5.15. The van der Waals surface area contributed by atoms with E-state index in [4.69, 9.17) is 4.74 Å². The molecule has 0 N–H and O–H groups in total. The van der Waals surface area contributed by atoms with Crippen LogP contribution in [0.1, 0.15) is 40.5 Å². The second-order valence-electron chi connectivity index (χ2n) is 4.70. The number of esters is 1. The smallest absolute Gasteiger partial charge is 0.338 e. The van der Waals surface area contributed by atoms with E-state index in [0.717, 1.165) is 18.6 Å². The van der Waals surface area contributed by atoms with Crippen molar-refractivity contribution in [2.24, 2.45) is 5.92 Å². The molecule has 0 saturated heterocycles. The molecule has 0 fully saturated rings. The van der Waals surface area contributed by atoms with Gasteiger partial charge in [-0.3, -0.25) is 0 Å². The van der Waals surface area contributed by atoms with Gasteiger partial charge in [0.2, 0.25) is 0 Å². The van der Waals surface area contributed by atoms with Gasteiger partial charge in [0.05, 0.1) is 0 Å². The molecule has 16 heavy (non-hydrogen) atoms. The lowest BCUT2D eigenvalue weighted by Gasteiger charge is -2.20. The van der Waals surface area contributed by atoms with Gasteiger partial charge in [-0.15, -0.1) is 0 Å². The van der Waals surface area contributed by atoms with Crippen LogP contribution in [0.2, 0.25) is 0 Å². The SMILES string of the molecule is C=C(C)C(=O)OC1=C(C(C)C)CCC(C)=C1. The van der Waals surface area contributed by atoms with Crippen molar-refractivity contribution in [2.45, 2.75) is 40.5 Å². The molecule has 1 rings (SSSR count). The summed E-state index contributed by atoms with van der Waals surface area (Å²) in [6.45, 7) is 11.6. The third kappa shape index (κ3) is 3.09. The quantitative estimate of drug-likeness (QED) is 0.534. The molecular formula is C14H20O2. The molecule has 0 saturated carbocycles. The van der Waals surface area contributed by atoms with Crippen LogP contribution in [0.4, 0.5) is 0 Å². The summed E-state index contributed by atoms with van der Waals surface area (Å²) in [7, 11) is 0. The van der Waals surface area contributed by atoms with Gasteiger partial charge in [0.1, 0.15) is 5.76 Å². The van der Waals surface area contributed by atoms with Crippen molar-refractivity contribution in [3.8, 4) is 0 Å². The van der Waals surface area contributed by atoms with E-state index < -0.39 is 0 Å². The molecule has 0 atom stereocenters. The summed E-state index contributed by atoms with van der Waals surface area (Å²) >= 11 is 0. The molecule has 2 nitrogen and oxygen atoms in total. The van der Waals surface area contributed by atoms with Crippen molar-refractivity contribution >= 4 is 5.97 Å². The first-order valence-corrected chi connectivity index (χ1v) is 5.69.